The van der Waals surface area contributed by atoms with Crippen LogP contribution in [0.2, 0.25) is 0 Å². The van der Waals surface area contributed by atoms with Crippen LogP contribution in [0, 0.1) is 5.41 Å². The van der Waals surface area contributed by atoms with Gasteiger partial charge in [-0.3, -0.25) is 0 Å². The maximum Gasteiger partial charge on any atom is 0.131 e. The van der Waals surface area contributed by atoms with Crippen molar-refractivity contribution >= 4 is 11.6 Å². The summed E-state index contributed by atoms with van der Waals surface area (Å²) in [6.07, 6.45) is 3.76. The third-order valence-corrected chi connectivity index (χ3v) is 2.66. The van der Waals surface area contributed by atoms with Crippen molar-refractivity contribution in [3.8, 4) is 0 Å². The van der Waals surface area contributed by atoms with Crippen molar-refractivity contribution in [2.24, 2.45) is 5.41 Å². The third kappa shape index (κ3) is 6.41. The number of anilines is 2. The monoisotopic (exact) mass is 264 g/mol. The second kappa shape index (κ2) is 6.22. The van der Waals surface area contributed by atoms with E-state index in [1.165, 1.54) is 0 Å². The van der Waals surface area contributed by atoms with E-state index in [2.05, 4.69) is 62.1 Å². The molecule has 1 aromatic rings. The molecule has 0 aromatic carbocycles. The highest BCUT2D eigenvalue weighted by molar-refractivity contribution is 5.47. The van der Waals surface area contributed by atoms with Gasteiger partial charge in [0.05, 0.1) is 0 Å². The molecule has 108 valence electrons. The molecule has 0 aliphatic carbocycles. The lowest BCUT2D eigenvalue weighted by Gasteiger charge is -2.33. The van der Waals surface area contributed by atoms with Crippen molar-refractivity contribution in [2.75, 3.05) is 17.2 Å². The van der Waals surface area contributed by atoms with Crippen molar-refractivity contribution in [2.45, 2.75) is 59.9 Å². The first-order valence-corrected chi connectivity index (χ1v) is 7.06. The molecule has 1 rings (SSSR count). The molecule has 1 heterocycles. The summed E-state index contributed by atoms with van der Waals surface area (Å²) >= 11 is 0. The Morgan fingerprint density at radius 3 is 2.26 bits per heavy atom. The molecule has 4 heteroatoms. The van der Waals surface area contributed by atoms with E-state index in [1.54, 1.807) is 6.33 Å². The number of nitrogens with zero attached hydrogens (tertiary/aromatic N) is 2. The van der Waals surface area contributed by atoms with Crippen LogP contribution < -0.4 is 10.6 Å². The number of nitrogens with one attached hydrogen (secondary N) is 2. The molecule has 1 aromatic heterocycles. The van der Waals surface area contributed by atoms with E-state index < -0.39 is 0 Å². The average molecular weight is 264 g/mol. The SMILES string of the molecule is CCCNc1cc(NC(C)(C)CC(C)(C)C)ncn1. The Morgan fingerprint density at radius 1 is 1.05 bits per heavy atom. The van der Waals surface area contributed by atoms with Crippen LogP contribution in [0.5, 0.6) is 0 Å². The van der Waals surface area contributed by atoms with Gasteiger partial charge in [-0.2, -0.15) is 0 Å². The minimum atomic E-state index is 0.00856. The minimum absolute atomic E-state index is 0.00856. The fraction of sp³-hybridized carbons (Fsp3) is 0.733. The number of rotatable bonds is 6. The summed E-state index contributed by atoms with van der Waals surface area (Å²) in [4.78, 5) is 8.52. The molecule has 0 unspecified atom stereocenters. The fourth-order valence-corrected chi connectivity index (χ4v) is 2.49. The predicted molar refractivity (Wildman–Crippen MR) is 82.6 cm³/mol. The normalized spacial score (nSPS) is 12.3. The molecule has 0 saturated carbocycles. The van der Waals surface area contributed by atoms with Crippen LogP contribution in [0.4, 0.5) is 11.6 Å². The Balaban J connectivity index is 2.70. The molecular formula is C15H28N4. The molecule has 0 aliphatic heterocycles. The minimum Gasteiger partial charge on any atom is -0.370 e. The lowest BCUT2D eigenvalue weighted by atomic mass is 9.82. The summed E-state index contributed by atoms with van der Waals surface area (Å²) in [5.74, 6) is 1.76. The summed E-state index contributed by atoms with van der Waals surface area (Å²) in [6.45, 7) is 14.3. The Morgan fingerprint density at radius 2 is 1.68 bits per heavy atom. The molecule has 0 amide bonds. The van der Waals surface area contributed by atoms with E-state index in [9.17, 15) is 0 Å². The quantitative estimate of drug-likeness (QED) is 0.817. The van der Waals surface area contributed by atoms with E-state index in [1.807, 2.05) is 6.07 Å². The first-order chi connectivity index (χ1) is 8.72. The van der Waals surface area contributed by atoms with Gasteiger partial charge < -0.3 is 10.6 Å². The Kier molecular flexibility index (Phi) is 5.15. The Labute approximate surface area is 117 Å². The molecule has 0 bridgehead atoms. The van der Waals surface area contributed by atoms with Gasteiger partial charge in [-0.25, -0.2) is 9.97 Å². The number of hydrogen-bond acceptors (Lipinski definition) is 4. The van der Waals surface area contributed by atoms with Crippen LogP contribution in [0.15, 0.2) is 12.4 Å². The summed E-state index contributed by atoms with van der Waals surface area (Å²) in [6, 6.07) is 1.97. The van der Waals surface area contributed by atoms with Crippen molar-refractivity contribution in [1.29, 1.82) is 0 Å². The zero-order valence-electron chi connectivity index (χ0n) is 13.2. The maximum absolute atomic E-state index is 4.30. The topological polar surface area (TPSA) is 49.8 Å². The summed E-state index contributed by atoms with van der Waals surface area (Å²) in [7, 11) is 0. The maximum atomic E-state index is 4.30. The molecule has 19 heavy (non-hydrogen) atoms. The van der Waals surface area contributed by atoms with Crippen LogP contribution in [-0.4, -0.2) is 22.1 Å². The molecule has 0 spiro atoms. The molecule has 2 N–H and O–H groups in total. The molecule has 0 atom stereocenters. The highest BCUT2D eigenvalue weighted by atomic mass is 15.1. The Hall–Kier alpha value is -1.32. The fourth-order valence-electron chi connectivity index (χ4n) is 2.49. The van der Waals surface area contributed by atoms with E-state index >= 15 is 0 Å². The van der Waals surface area contributed by atoms with Gasteiger partial charge in [-0.15, -0.1) is 0 Å². The van der Waals surface area contributed by atoms with E-state index in [0.29, 0.717) is 0 Å². The van der Waals surface area contributed by atoms with E-state index in [-0.39, 0.29) is 11.0 Å². The molecule has 0 aliphatic rings. The second-order valence-electron chi connectivity index (χ2n) is 6.96. The smallest absolute Gasteiger partial charge is 0.131 e. The van der Waals surface area contributed by atoms with E-state index in [4.69, 9.17) is 0 Å². The zero-order chi connectivity index (χ0) is 14.5. The van der Waals surface area contributed by atoms with Gasteiger partial charge in [0.1, 0.15) is 18.0 Å². The van der Waals surface area contributed by atoms with Gasteiger partial charge in [-0.1, -0.05) is 27.7 Å². The van der Waals surface area contributed by atoms with Gasteiger partial charge in [0.15, 0.2) is 0 Å². The average Bonchev–Trinajstić information content (AvgIpc) is 2.22. The molecule has 0 saturated heterocycles. The highest BCUT2D eigenvalue weighted by Crippen LogP contribution is 2.29. The molecule has 4 nitrogen and oxygen atoms in total. The van der Waals surface area contributed by atoms with Gasteiger partial charge in [0.25, 0.3) is 0 Å². The van der Waals surface area contributed by atoms with Crippen LogP contribution in [0.1, 0.15) is 54.4 Å². The van der Waals surface area contributed by atoms with E-state index in [0.717, 1.165) is 31.0 Å². The van der Waals surface area contributed by atoms with Crippen LogP contribution in [-0.2, 0) is 0 Å². The summed E-state index contributed by atoms with van der Waals surface area (Å²) < 4.78 is 0. The van der Waals surface area contributed by atoms with Crippen molar-refractivity contribution in [3.63, 3.8) is 0 Å². The van der Waals surface area contributed by atoms with Crippen molar-refractivity contribution in [3.05, 3.63) is 12.4 Å². The lowest BCUT2D eigenvalue weighted by Crippen LogP contribution is -2.35. The van der Waals surface area contributed by atoms with Crippen LogP contribution in [0.3, 0.4) is 0 Å². The first kappa shape index (κ1) is 15.7. The van der Waals surface area contributed by atoms with Crippen molar-refractivity contribution in [1.82, 2.24) is 9.97 Å². The number of hydrogen-bond donors (Lipinski definition) is 2. The summed E-state index contributed by atoms with van der Waals surface area (Å²) in [5, 5.41) is 6.78. The lowest BCUT2D eigenvalue weighted by molar-refractivity contribution is 0.302. The molecule has 0 radical (unpaired) electrons. The largest absolute Gasteiger partial charge is 0.370 e. The molecule has 0 fully saturated rings. The summed E-state index contributed by atoms with van der Waals surface area (Å²) in [5.41, 5.74) is 0.293. The van der Waals surface area contributed by atoms with Gasteiger partial charge >= 0.3 is 0 Å². The first-order valence-electron chi connectivity index (χ1n) is 7.06. The number of aromatic nitrogens is 2. The highest BCUT2D eigenvalue weighted by Gasteiger charge is 2.25. The second-order valence-corrected chi connectivity index (χ2v) is 6.96. The molecular weight excluding hydrogens is 236 g/mol. The van der Waals surface area contributed by atoms with Crippen LogP contribution >= 0.6 is 0 Å². The third-order valence-electron chi connectivity index (χ3n) is 2.66. The van der Waals surface area contributed by atoms with Gasteiger partial charge in [0.2, 0.25) is 0 Å². The van der Waals surface area contributed by atoms with Gasteiger partial charge in [-0.05, 0) is 32.1 Å². The van der Waals surface area contributed by atoms with Crippen molar-refractivity contribution < 1.29 is 0 Å². The zero-order valence-corrected chi connectivity index (χ0v) is 13.2. The van der Waals surface area contributed by atoms with Gasteiger partial charge in [0, 0.05) is 18.2 Å². The predicted octanol–water partition coefficient (Wildman–Crippen LogP) is 3.93. The Bertz CT molecular complexity index is 393. The van der Waals surface area contributed by atoms with Crippen LogP contribution in [0.25, 0.3) is 0 Å². The standard InChI is InChI=1S/C15H28N4/c1-7-8-16-12-9-13(18-11-17-12)19-15(5,6)10-14(2,3)4/h9,11H,7-8,10H2,1-6H3,(H2,16,17,18,19).